The minimum absolute atomic E-state index is 0.0574. The van der Waals surface area contributed by atoms with Gasteiger partial charge in [0.15, 0.2) is 11.5 Å². The van der Waals surface area contributed by atoms with E-state index in [1.807, 2.05) is 0 Å². The second kappa shape index (κ2) is 3.90. The molecule has 0 saturated heterocycles. The maximum absolute atomic E-state index is 11.9. The van der Waals surface area contributed by atoms with Crippen LogP contribution in [0.3, 0.4) is 0 Å². The van der Waals surface area contributed by atoms with Gasteiger partial charge in [-0.05, 0) is 12.1 Å². The number of aromatic nitrogens is 2. The molecule has 1 amide bonds. The van der Waals surface area contributed by atoms with Crippen molar-refractivity contribution in [2.24, 2.45) is 10.1 Å². The molecule has 0 atom stereocenters. The Morgan fingerprint density at radius 2 is 1.95 bits per heavy atom. The maximum atomic E-state index is 11.9. The lowest BCUT2D eigenvalue weighted by molar-refractivity contribution is 0.0996. The van der Waals surface area contributed by atoms with Crippen LogP contribution in [0.2, 0.25) is 0 Å². The molecule has 0 saturated carbocycles. The number of carbonyl (C=O) groups is 1. The number of nitrogens with zero attached hydrogens (tertiary/aromatic N) is 3. The Balaban J connectivity index is 2.22. The zero-order chi connectivity index (χ0) is 14.5. The second-order valence-corrected chi connectivity index (χ2v) is 5.70. The molecule has 102 valence electrons. The van der Waals surface area contributed by atoms with Crippen molar-refractivity contribution in [3.8, 4) is 0 Å². The molecule has 2 aromatic rings. The van der Waals surface area contributed by atoms with E-state index in [0.29, 0.717) is 5.56 Å². The second-order valence-electron chi connectivity index (χ2n) is 4.13. The number of primary amides is 1. The number of anilines is 1. The first-order valence-electron chi connectivity index (χ1n) is 5.50. The predicted molar refractivity (Wildman–Crippen MR) is 70.7 cm³/mol. The van der Waals surface area contributed by atoms with Crippen LogP contribution in [-0.2, 0) is 10.0 Å². The van der Waals surface area contributed by atoms with Crippen LogP contribution in [0.25, 0.3) is 0 Å². The topological polar surface area (TPSA) is 133 Å². The first-order valence-corrected chi connectivity index (χ1v) is 6.94. The Morgan fingerprint density at radius 3 is 2.60 bits per heavy atom. The molecule has 20 heavy (non-hydrogen) atoms. The third-order valence-corrected chi connectivity index (χ3v) is 4.13. The maximum Gasteiger partial charge on any atom is 0.285 e. The molecule has 0 radical (unpaired) electrons. The molecule has 2 heterocycles. The van der Waals surface area contributed by atoms with E-state index in [1.54, 1.807) is 18.2 Å². The molecule has 0 fully saturated rings. The summed E-state index contributed by atoms with van der Waals surface area (Å²) in [4.78, 5) is 11.2. The molecule has 1 aliphatic rings. The monoisotopic (exact) mass is 291 g/mol. The number of amides is 1. The average molecular weight is 291 g/mol. The minimum atomic E-state index is -3.76. The molecule has 0 spiro atoms. The smallest absolute Gasteiger partial charge is 0.285 e. The largest absolute Gasteiger partial charge is 0.396 e. The van der Waals surface area contributed by atoms with Crippen molar-refractivity contribution in [3.05, 3.63) is 41.7 Å². The first kappa shape index (κ1) is 12.4. The van der Waals surface area contributed by atoms with Gasteiger partial charge in [0.1, 0.15) is 4.90 Å². The van der Waals surface area contributed by atoms with Crippen molar-refractivity contribution in [1.82, 2.24) is 9.78 Å². The molecular formula is C11H9N5O3S. The summed E-state index contributed by atoms with van der Waals surface area (Å²) in [5.41, 5.74) is 11.1. The molecule has 0 unspecified atom stereocenters. The van der Waals surface area contributed by atoms with Crippen LogP contribution >= 0.6 is 0 Å². The third-order valence-electron chi connectivity index (χ3n) is 2.81. The molecule has 1 aromatic heterocycles. The highest BCUT2D eigenvalue weighted by Crippen LogP contribution is 2.26. The SMILES string of the molecule is NC(=O)c1nn(C2=NS(=O)(=O)c3ccccc32)cc1N. The predicted octanol–water partition coefficient (Wildman–Crippen LogP) is -0.439. The molecule has 0 bridgehead atoms. The Bertz CT molecular complexity index is 866. The Hall–Kier alpha value is -2.68. The highest BCUT2D eigenvalue weighted by molar-refractivity contribution is 7.90. The lowest BCUT2D eigenvalue weighted by Crippen LogP contribution is -2.16. The zero-order valence-electron chi connectivity index (χ0n) is 10.0. The van der Waals surface area contributed by atoms with Gasteiger partial charge in [-0.15, -0.1) is 4.40 Å². The highest BCUT2D eigenvalue weighted by Gasteiger charge is 2.30. The molecule has 0 aliphatic carbocycles. The molecular weight excluding hydrogens is 282 g/mol. The highest BCUT2D eigenvalue weighted by atomic mass is 32.2. The average Bonchev–Trinajstić information content (AvgIpc) is 2.89. The van der Waals surface area contributed by atoms with Gasteiger partial charge in [-0.1, -0.05) is 12.1 Å². The first-order chi connectivity index (χ1) is 9.40. The van der Waals surface area contributed by atoms with Crippen LogP contribution in [0, 0.1) is 0 Å². The van der Waals surface area contributed by atoms with Crippen molar-refractivity contribution in [2.45, 2.75) is 4.90 Å². The number of sulfonamides is 1. The summed E-state index contributed by atoms with van der Waals surface area (Å²) in [6.45, 7) is 0. The van der Waals surface area contributed by atoms with E-state index in [-0.39, 0.29) is 22.1 Å². The lowest BCUT2D eigenvalue weighted by atomic mass is 10.2. The Kier molecular flexibility index (Phi) is 2.41. The molecule has 1 aromatic carbocycles. The quantitative estimate of drug-likeness (QED) is 0.734. The molecule has 4 N–H and O–H groups in total. The third kappa shape index (κ3) is 1.67. The van der Waals surface area contributed by atoms with Crippen molar-refractivity contribution in [1.29, 1.82) is 0 Å². The van der Waals surface area contributed by atoms with Gasteiger partial charge in [0.2, 0.25) is 0 Å². The Morgan fingerprint density at radius 1 is 1.25 bits per heavy atom. The summed E-state index contributed by atoms with van der Waals surface area (Å²) in [5, 5.41) is 3.88. The van der Waals surface area contributed by atoms with Crippen LogP contribution in [0.5, 0.6) is 0 Å². The van der Waals surface area contributed by atoms with Crippen LogP contribution in [0.4, 0.5) is 5.69 Å². The van der Waals surface area contributed by atoms with E-state index in [1.165, 1.54) is 12.3 Å². The summed E-state index contributed by atoms with van der Waals surface area (Å²) in [5.74, 6) is -0.712. The fourth-order valence-electron chi connectivity index (χ4n) is 1.94. The van der Waals surface area contributed by atoms with E-state index in [2.05, 4.69) is 9.50 Å². The van der Waals surface area contributed by atoms with Gasteiger partial charge >= 0.3 is 0 Å². The molecule has 3 rings (SSSR count). The van der Waals surface area contributed by atoms with E-state index >= 15 is 0 Å². The van der Waals surface area contributed by atoms with Gasteiger partial charge in [-0.25, -0.2) is 4.68 Å². The fraction of sp³-hybridized carbons (Fsp3) is 0. The van der Waals surface area contributed by atoms with Gasteiger partial charge in [0, 0.05) is 5.56 Å². The summed E-state index contributed by atoms with van der Waals surface area (Å²) in [6, 6.07) is 6.32. The number of nitrogen functional groups attached to an aromatic ring is 1. The summed E-state index contributed by atoms with van der Waals surface area (Å²) in [6.07, 6.45) is 1.30. The van der Waals surface area contributed by atoms with Crippen LogP contribution in [0.1, 0.15) is 16.1 Å². The van der Waals surface area contributed by atoms with Crippen LogP contribution in [0.15, 0.2) is 39.8 Å². The number of benzene rings is 1. The standard InChI is InChI=1S/C11H9N5O3S/c12-7-5-16(14-9(7)10(13)17)11-6-3-1-2-4-8(6)20(18,19)15-11/h1-5H,12H2,(H2,13,17). The van der Waals surface area contributed by atoms with Crippen LogP contribution in [-0.4, -0.2) is 29.9 Å². The number of rotatable bonds is 1. The fourth-order valence-corrected chi connectivity index (χ4v) is 3.14. The number of hydrogen-bond donors (Lipinski definition) is 2. The number of carbonyl (C=O) groups excluding carboxylic acids is 1. The van der Waals surface area contributed by atoms with Gasteiger partial charge < -0.3 is 11.5 Å². The number of nitrogens with two attached hydrogens (primary N) is 2. The summed E-state index contributed by atoms with van der Waals surface area (Å²) < 4.78 is 28.6. The molecule has 9 heteroatoms. The normalized spacial score (nSPS) is 15.7. The summed E-state index contributed by atoms with van der Waals surface area (Å²) in [7, 11) is -3.76. The zero-order valence-corrected chi connectivity index (χ0v) is 10.8. The van der Waals surface area contributed by atoms with Crippen molar-refractivity contribution < 1.29 is 13.2 Å². The van der Waals surface area contributed by atoms with E-state index in [9.17, 15) is 13.2 Å². The number of fused-ring (bicyclic) bond motifs is 1. The van der Waals surface area contributed by atoms with E-state index < -0.39 is 15.9 Å². The van der Waals surface area contributed by atoms with Gasteiger partial charge in [0.25, 0.3) is 15.9 Å². The summed E-state index contributed by atoms with van der Waals surface area (Å²) >= 11 is 0. The van der Waals surface area contributed by atoms with Crippen molar-refractivity contribution >= 4 is 27.5 Å². The number of hydrogen-bond acceptors (Lipinski definition) is 5. The van der Waals surface area contributed by atoms with Gasteiger partial charge in [-0.2, -0.15) is 13.5 Å². The van der Waals surface area contributed by atoms with Gasteiger partial charge in [-0.3, -0.25) is 4.79 Å². The van der Waals surface area contributed by atoms with Gasteiger partial charge in [0.05, 0.1) is 11.9 Å². The van der Waals surface area contributed by atoms with Crippen molar-refractivity contribution in [2.75, 3.05) is 5.73 Å². The Labute approximate surface area is 113 Å². The van der Waals surface area contributed by atoms with E-state index in [0.717, 1.165) is 4.68 Å². The van der Waals surface area contributed by atoms with Crippen molar-refractivity contribution in [3.63, 3.8) is 0 Å². The van der Waals surface area contributed by atoms with Crippen LogP contribution < -0.4 is 11.5 Å². The van der Waals surface area contributed by atoms with E-state index in [4.69, 9.17) is 11.5 Å². The minimum Gasteiger partial charge on any atom is -0.396 e. The molecule has 8 nitrogen and oxygen atoms in total. The molecule has 1 aliphatic heterocycles. The lowest BCUT2D eigenvalue weighted by Gasteiger charge is -2.00.